The highest BCUT2D eigenvalue weighted by molar-refractivity contribution is 5.46. The van der Waals surface area contributed by atoms with E-state index in [1.807, 2.05) is 13.8 Å². The van der Waals surface area contributed by atoms with Gasteiger partial charge in [0, 0.05) is 11.3 Å². The van der Waals surface area contributed by atoms with Gasteiger partial charge in [0.25, 0.3) is 0 Å². The summed E-state index contributed by atoms with van der Waals surface area (Å²) in [5, 5.41) is 3.35. The van der Waals surface area contributed by atoms with E-state index in [0.29, 0.717) is 12.4 Å². The molecule has 106 valence electrons. The smallest absolute Gasteiger partial charge is 0.213 e. The molecule has 0 unspecified atom stereocenters. The highest BCUT2D eigenvalue weighted by Gasteiger charge is 2.14. The van der Waals surface area contributed by atoms with Gasteiger partial charge in [-0.05, 0) is 39.5 Å². The quantitative estimate of drug-likeness (QED) is 0.870. The lowest BCUT2D eigenvalue weighted by Crippen LogP contribution is -2.08. The van der Waals surface area contributed by atoms with Gasteiger partial charge < -0.3 is 9.73 Å². The molecule has 5 heteroatoms. The predicted molar refractivity (Wildman–Crippen MR) is 76.6 cm³/mol. The molecule has 5 nitrogen and oxygen atoms in total. The molecule has 20 heavy (non-hydrogen) atoms. The van der Waals surface area contributed by atoms with E-state index in [9.17, 15) is 0 Å². The maximum absolute atomic E-state index is 5.59. The molecule has 0 bridgehead atoms. The van der Waals surface area contributed by atoms with Gasteiger partial charge in [0.15, 0.2) is 0 Å². The van der Waals surface area contributed by atoms with Crippen molar-refractivity contribution in [3.63, 3.8) is 0 Å². The summed E-state index contributed by atoms with van der Waals surface area (Å²) in [7, 11) is 0. The zero-order valence-corrected chi connectivity index (χ0v) is 12.1. The van der Waals surface area contributed by atoms with E-state index in [1.165, 1.54) is 30.5 Å². The van der Waals surface area contributed by atoms with Gasteiger partial charge in [0.1, 0.15) is 17.9 Å². The summed E-state index contributed by atoms with van der Waals surface area (Å²) in [6, 6.07) is 0. The average Bonchev–Trinajstić information content (AvgIpc) is 2.66. The Hall–Kier alpha value is -1.91. The first kappa shape index (κ1) is 13.1. The topological polar surface area (TPSA) is 63.8 Å². The van der Waals surface area contributed by atoms with Crippen molar-refractivity contribution in [2.75, 3.05) is 5.32 Å². The summed E-state index contributed by atoms with van der Waals surface area (Å²) in [5.74, 6) is 2.52. The summed E-state index contributed by atoms with van der Waals surface area (Å²) in [6.07, 6.45) is 7.48. The summed E-state index contributed by atoms with van der Waals surface area (Å²) >= 11 is 0. The van der Waals surface area contributed by atoms with E-state index in [1.54, 1.807) is 6.33 Å². The number of nitrogens with zero attached hydrogens (tertiary/aromatic N) is 3. The van der Waals surface area contributed by atoms with Crippen LogP contribution in [0.3, 0.4) is 0 Å². The molecule has 0 atom stereocenters. The number of oxazole rings is 1. The molecule has 3 rings (SSSR count). The Kier molecular flexibility index (Phi) is 3.67. The second kappa shape index (κ2) is 5.61. The first-order valence-electron chi connectivity index (χ1n) is 7.23. The third-order valence-electron chi connectivity index (χ3n) is 3.85. The van der Waals surface area contributed by atoms with Gasteiger partial charge in [-0.25, -0.2) is 15.0 Å². The molecule has 0 aromatic carbocycles. The minimum absolute atomic E-state index is 0.568. The van der Waals surface area contributed by atoms with E-state index < -0.39 is 0 Å². The fourth-order valence-electron chi connectivity index (χ4n) is 2.62. The molecule has 0 saturated heterocycles. The summed E-state index contributed by atoms with van der Waals surface area (Å²) < 4.78 is 5.59. The number of nitrogens with one attached hydrogen (secondary N) is 1. The summed E-state index contributed by atoms with van der Waals surface area (Å²) in [4.78, 5) is 13.2. The van der Waals surface area contributed by atoms with Gasteiger partial charge in [-0.3, -0.25) is 0 Å². The second-order valence-electron chi connectivity index (χ2n) is 5.31. The van der Waals surface area contributed by atoms with E-state index >= 15 is 0 Å². The zero-order chi connectivity index (χ0) is 13.9. The molecule has 1 aliphatic rings. The van der Waals surface area contributed by atoms with Gasteiger partial charge in [0.05, 0.1) is 12.2 Å². The van der Waals surface area contributed by atoms with Gasteiger partial charge in [0.2, 0.25) is 5.89 Å². The minimum atomic E-state index is 0.568. The highest BCUT2D eigenvalue weighted by Crippen LogP contribution is 2.24. The number of aromatic nitrogens is 3. The van der Waals surface area contributed by atoms with Crippen LogP contribution in [0.15, 0.2) is 10.7 Å². The summed E-state index contributed by atoms with van der Waals surface area (Å²) in [5.41, 5.74) is 3.41. The Morgan fingerprint density at radius 2 is 2.00 bits per heavy atom. The normalized spacial score (nSPS) is 14.7. The third-order valence-corrected chi connectivity index (χ3v) is 3.85. The van der Waals surface area contributed by atoms with E-state index in [-0.39, 0.29) is 0 Å². The SMILES string of the molecule is Cc1nc(CNc2ncnc3c2CCCCC3)oc1C. The molecule has 2 aromatic rings. The van der Waals surface area contributed by atoms with Crippen LogP contribution >= 0.6 is 0 Å². The molecule has 2 heterocycles. The standard InChI is InChI=1S/C15H20N4O/c1-10-11(2)20-14(19-10)8-16-15-12-6-4-3-5-7-13(12)17-9-18-15/h9H,3-8H2,1-2H3,(H,16,17,18). The number of aryl methyl sites for hydroxylation is 3. The highest BCUT2D eigenvalue weighted by atomic mass is 16.4. The Bertz CT molecular complexity index is 586. The van der Waals surface area contributed by atoms with Crippen LogP contribution in [-0.2, 0) is 19.4 Å². The first-order valence-corrected chi connectivity index (χ1v) is 7.23. The molecule has 2 aromatic heterocycles. The van der Waals surface area contributed by atoms with Crippen LogP contribution in [0, 0.1) is 13.8 Å². The fraction of sp³-hybridized carbons (Fsp3) is 0.533. The van der Waals surface area contributed by atoms with Crippen molar-refractivity contribution in [2.24, 2.45) is 0 Å². The molecule has 0 spiro atoms. The molecule has 1 aliphatic carbocycles. The van der Waals surface area contributed by atoms with E-state index in [2.05, 4.69) is 20.3 Å². The minimum Gasteiger partial charge on any atom is -0.444 e. The van der Waals surface area contributed by atoms with Crippen molar-refractivity contribution >= 4 is 5.82 Å². The molecule has 1 N–H and O–H groups in total. The van der Waals surface area contributed by atoms with Crippen molar-refractivity contribution in [1.82, 2.24) is 15.0 Å². The largest absolute Gasteiger partial charge is 0.444 e. The molecular weight excluding hydrogens is 252 g/mol. The van der Waals surface area contributed by atoms with Crippen LogP contribution in [0.2, 0.25) is 0 Å². The Balaban J connectivity index is 1.77. The molecule has 0 fully saturated rings. The van der Waals surface area contributed by atoms with Gasteiger partial charge >= 0.3 is 0 Å². The molecule has 0 radical (unpaired) electrons. The number of hydrogen-bond acceptors (Lipinski definition) is 5. The van der Waals surface area contributed by atoms with E-state index in [0.717, 1.165) is 30.1 Å². The number of hydrogen-bond donors (Lipinski definition) is 1. The van der Waals surface area contributed by atoms with E-state index in [4.69, 9.17) is 4.42 Å². The second-order valence-corrected chi connectivity index (χ2v) is 5.31. The molecule has 0 saturated carbocycles. The van der Waals surface area contributed by atoms with Gasteiger partial charge in [-0.15, -0.1) is 0 Å². The molecule has 0 aliphatic heterocycles. The average molecular weight is 272 g/mol. The van der Waals surface area contributed by atoms with Gasteiger partial charge in [-0.1, -0.05) is 6.42 Å². The van der Waals surface area contributed by atoms with Crippen LogP contribution in [0.1, 0.15) is 47.9 Å². The van der Waals surface area contributed by atoms with Crippen molar-refractivity contribution in [3.8, 4) is 0 Å². The fourth-order valence-corrected chi connectivity index (χ4v) is 2.62. The monoisotopic (exact) mass is 272 g/mol. The Morgan fingerprint density at radius 1 is 1.15 bits per heavy atom. The van der Waals surface area contributed by atoms with Gasteiger partial charge in [-0.2, -0.15) is 0 Å². The Morgan fingerprint density at radius 3 is 2.80 bits per heavy atom. The lowest BCUT2D eigenvalue weighted by Gasteiger charge is -2.11. The number of fused-ring (bicyclic) bond motifs is 1. The van der Waals surface area contributed by atoms with Crippen LogP contribution < -0.4 is 5.32 Å². The van der Waals surface area contributed by atoms with Crippen molar-refractivity contribution < 1.29 is 4.42 Å². The first-order chi connectivity index (χ1) is 9.74. The Labute approximate surface area is 118 Å². The third kappa shape index (κ3) is 2.66. The lowest BCUT2D eigenvalue weighted by molar-refractivity contribution is 0.478. The maximum atomic E-state index is 5.59. The molecule has 0 amide bonds. The van der Waals surface area contributed by atoms with Crippen LogP contribution in [0.5, 0.6) is 0 Å². The van der Waals surface area contributed by atoms with Crippen molar-refractivity contribution in [2.45, 2.75) is 52.5 Å². The van der Waals surface area contributed by atoms with Crippen LogP contribution in [0.25, 0.3) is 0 Å². The van der Waals surface area contributed by atoms with Crippen molar-refractivity contribution in [3.05, 3.63) is 34.9 Å². The zero-order valence-electron chi connectivity index (χ0n) is 12.1. The molecular formula is C15H20N4O. The summed E-state index contributed by atoms with van der Waals surface area (Å²) in [6.45, 7) is 4.46. The lowest BCUT2D eigenvalue weighted by atomic mass is 10.1. The number of rotatable bonds is 3. The number of anilines is 1. The van der Waals surface area contributed by atoms with Crippen molar-refractivity contribution in [1.29, 1.82) is 0 Å². The van der Waals surface area contributed by atoms with Crippen LogP contribution in [-0.4, -0.2) is 15.0 Å². The maximum Gasteiger partial charge on any atom is 0.213 e. The van der Waals surface area contributed by atoms with Crippen LogP contribution in [0.4, 0.5) is 5.82 Å². The predicted octanol–water partition coefficient (Wildman–Crippen LogP) is 2.96.